The Balaban J connectivity index is 1.83. The molecule has 0 radical (unpaired) electrons. The monoisotopic (exact) mass is 298 g/mol. The zero-order valence-corrected chi connectivity index (χ0v) is 12.5. The van der Waals surface area contributed by atoms with Crippen molar-refractivity contribution in [1.82, 2.24) is 15.3 Å². The van der Waals surface area contributed by atoms with Crippen LogP contribution in [0.2, 0.25) is 0 Å². The van der Waals surface area contributed by atoms with E-state index in [1.807, 2.05) is 0 Å². The lowest BCUT2D eigenvalue weighted by Gasteiger charge is -2.23. The van der Waals surface area contributed by atoms with Gasteiger partial charge in [0.05, 0.1) is 11.4 Å². The van der Waals surface area contributed by atoms with Crippen LogP contribution in [0.15, 0.2) is 24.3 Å². The van der Waals surface area contributed by atoms with Crippen molar-refractivity contribution in [3.05, 3.63) is 41.3 Å². The number of benzene rings is 1. The topological polar surface area (TPSA) is 41.1 Å². The highest BCUT2D eigenvalue weighted by Gasteiger charge is 2.22. The van der Waals surface area contributed by atoms with Crippen molar-refractivity contribution >= 4 is 5.95 Å². The van der Waals surface area contributed by atoms with Crippen molar-refractivity contribution < 1.29 is 4.39 Å². The van der Waals surface area contributed by atoms with Crippen LogP contribution in [0.4, 0.5) is 10.3 Å². The molecule has 0 aliphatic carbocycles. The lowest BCUT2D eigenvalue weighted by Crippen LogP contribution is -2.28. The summed E-state index contributed by atoms with van der Waals surface area (Å²) in [5, 5.41) is 3.38. The molecule has 0 atom stereocenters. The van der Waals surface area contributed by atoms with Gasteiger partial charge in [0.25, 0.3) is 0 Å². The standard InChI is InChI=1S/C17H19FN4/c18-13-5-3-12(4-6-13)16-14-11-19-8-7-15(14)20-17(21-16)22-9-1-2-10-22/h3-6,19H,1-2,7-11H2. The molecule has 1 aromatic carbocycles. The number of fused-ring (bicyclic) bond motifs is 1. The fraction of sp³-hybridized carbons (Fsp3) is 0.412. The second-order valence-electron chi connectivity index (χ2n) is 5.93. The van der Waals surface area contributed by atoms with Gasteiger partial charge in [0.2, 0.25) is 5.95 Å². The van der Waals surface area contributed by atoms with Crippen molar-refractivity contribution in [2.45, 2.75) is 25.8 Å². The number of anilines is 1. The summed E-state index contributed by atoms with van der Waals surface area (Å²) in [6, 6.07) is 6.60. The fourth-order valence-electron chi connectivity index (χ4n) is 3.24. The van der Waals surface area contributed by atoms with E-state index >= 15 is 0 Å². The zero-order chi connectivity index (χ0) is 14.9. The van der Waals surface area contributed by atoms with Gasteiger partial charge in [-0.15, -0.1) is 0 Å². The maximum atomic E-state index is 13.2. The van der Waals surface area contributed by atoms with E-state index in [1.165, 1.54) is 25.0 Å². The molecular weight excluding hydrogens is 279 g/mol. The summed E-state index contributed by atoms with van der Waals surface area (Å²) in [7, 11) is 0. The molecular formula is C17H19FN4. The summed E-state index contributed by atoms with van der Waals surface area (Å²) in [5.41, 5.74) is 4.19. The Hall–Kier alpha value is -2.01. The molecule has 1 aromatic heterocycles. The van der Waals surface area contributed by atoms with Gasteiger partial charge >= 0.3 is 0 Å². The van der Waals surface area contributed by atoms with Gasteiger partial charge in [0, 0.05) is 43.7 Å². The van der Waals surface area contributed by atoms with Gasteiger partial charge in [0.1, 0.15) is 5.82 Å². The third kappa shape index (κ3) is 2.46. The fourth-order valence-corrected chi connectivity index (χ4v) is 3.24. The number of nitrogens with zero attached hydrogens (tertiary/aromatic N) is 3. The predicted molar refractivity (Wildman–Crippen MR) is 84.3 cm³/mol. The molecule has 4 nitrogen and oxygen atoms in total. The number of rotatable bonds is 2. The molecule has 2 aromatic rings. The van der Waals surface area contributed by atoms with E-state index < -0.39 is 0 Å². The first-order chi connectivity index (χ1) is 10.8. The maximum Gasteiger partial charge on any atom is 0.226 e. The summed E-state index contributed by atoms with van der Waals surface area (Å²) >= 11 is 0. The average molecular weight is 298 g/mol. The molecule has 5 heteroatoms. The van der Waals surface area contributed by atoms with Gasteiger partial charge < -0.3 is 10.2 Å². The SMILES string of the molecule is Fc1ccc(-c2nc(N3CCCC3)nc3c2CNCC3)cc1. The Bertz CT molecular complexity index is 678. The quantitative estimate of drug-likeness (QED) is 0.925. The molecule has 0 unspecified atom stereocenters. The van der Waals surface area contributed by atoms with Crippen LogP contribution in [0.5, 0.6) is 0 Å². The number of nitrogens with one attached hydrogen (secondary N) is 1. The highest BCUT2D eigenvalue weighted by molar-refractivity contribution is 5.66. The molecule has 3 heterocycles. The summed E-state index contributed by atoms with van der Waals surface area (Å²) in [6.07, 6.45) is 3.33. The van der Waals surface area contributed by atoms with Crippen molar-refractivity contribution in [3.8, 4) is 11.3 Å². The minimum absolute atomic E-state index is 0.218. The van der Waals surface area contributed by atoms with Crippen LogP contribution < -0.4 is 10.2 Å². The molecule has 0 saturated carbocycles. The summed E-state index contributed by atoms with van der Waals surface area (Å²) in [4.78, 5) is 11.9. The van der Waals surface area contributed by atoms with E-state index in [1.54, 1.807) is 12.1 Å². The van der Waals surface area contributed by atoms with E-state index in [0.29, 0.717) is 0 Å². The van der Waals surface area contributed by atoms with Crippen LogP contribution in [0.25, 0.3) is 11.3 Å². The molecule has 0 spiro atoms. The van der Waals surface area contributed by atoms with Crippen LogP contribution in [0, 0.1) is 5.82 Å². The lowest BCUT2D eigenvalue weighted by molar-refractivity contribution is 0.624. The summed E-state index contributed by atoms with van der Waals surface area (Å²) in [6.45, 7) is 3.79. The number of halogens is 1. The minimum atomic E-state index is -0.218. The number of hydrogen-bond donors (Lipinski definition) is 1. The molecule has 1 saturated heterocycles. The Kier molecular flexibility index (Phi) is 3.50. The molecule has 4 rings (SSSR count). The van der Waals surface area contributed by atoms with Crippen LogP contribution in [0.1, 0.15) is 24.1 Å². The minimum Gasteiger partial charge on any atom is -0.341 e. The van der Waals surface area contributed by atoms with Gasteiger partial charge in [-0.2, -0.15) is 0 Å². The third-order valence-corrected chi connectivity index (χ3v) is 4.43. The van der Waals surface area contributed by atoms with Gasteiger partial charge in [-0.25, -0.2) is 14.4 Å². The van der Waals surface area contributed by atoms with Crippen molar-refractivity contribution in [2.75, 3.05) is 24.5 Å². The van der Waals surface area contributed by atoms with Crippen LogP contribution >= 0.6 is 0 Å². The third-order valence-electron chi connectivity index (χ3n) is 4.43. The lowest BCUT2D eigenvalue weighted by atomic mass is 10.0. The van der Waals surface area contributed by atoms with Gasteiger partial charge in [-0.05, 0) is 37.1 Å². The molecule has 1 N–H and O–H groups in total. The summed E-state index contributed by atoms with van der Waals surface area (Å²) in [5.74, 6) is 0.613. The molecule has 0 amide bonds. The highest BCUT2D eigenvalue weighted by atomic mass is 19.1. The van der Waals surface area contributed by atoms with E-state index in [-0.39, 0.29) is 5.82 Å². The Morgan fingerprint density at radius 3 is 2.59 bits per heavy atom. The summed E-state index contributed by atoms with van der Waals surface area (Å²) < 4.78 is 13.2. The van der Waals surface area contributed by atoms with Crippen molar-refractivity contribution in [1.29, 1.82) is 0 Å². The van der Waals surface area contributed by atoms with Gasteiger partial charge in [-0.1, -0.05) is 0 Å². The second-order valence-corrected chi connectivity index (χ2v) is 5.93. The molecule has 0 bridgehead atoms. The zero-order valence-electron chi connectivity index (χ0n) is 12.5. The number of hydrogen-bond acceptors (Lipinski definition) is 4. The molecule has 2 aliphatic heterocycles. The maximum absolute atomic E-state index is 13.2. The molecule has 114 valence electrons. The van der Waals surface area contributed by atoms with Gasteiger partial charge in [-0.3, -0.25) is 0 Å². The largest absolute Gasteiger partial charge is 0.341 e. The van der Waals surface area contributed by atoms with Gasteiger partial charge in [0.15, 0.2) is 0 Å². The smallest absolute Gasteiger partial charge is 0.226 e. The van der Waals surface area contributed by atoms with E-state index in [4.69, 9.17) is 9.97 Å². The predicted octanol–water partition coefficient (Wildman–Crippen LogP) is 2.53. The first-order valence-corrected chi connectivity index (χ1v) is 7.93. The first kappa shape index (κ1) is 13.6. The Morgan fingerprint density at radius 1 is 1.05 bits per heavy atom. The Morgan fingerprint density at radius 2 is 1.82 bits per heavy atom. The average Bonchev–Trinajstić information content (AvgIpc) is 3.09. The second kappa shape index (κ2) is 5.65. The Labute approximate surface area is 129 Å². The van der Waals surface area contributed by atoms with Crippen LogP contribution in [-0.4, -0.2) is 29.6 Å². The molecule has 22 heavy (non-hydrogen) atoms. The van der Waals surface area contributed by atoms with E-state index in [2.05, 4.69) is 10.2 Å². The molecule has 2 aliphatic rings. The first-order valence-electron chi connectivity index (χ1n) is 7.93. The van der Waals surface area contributed by atoms with Crippen LogP contribution in [-0.2, 0) is 13.0 Å². The van der Waals surface area contributed by atoms with E-state index in [0.717, 1.165) is 61.1 Å². The number of aromatic nitrogens is 2. The van der Waals surface area contributed by atoms with Crippen molar-refractivity contribution in [2.24, 2.45) is 0 Å². The van der Waals surface area contributed by atoms with Crippen molar-refractivity contribution in [3.63, 3.8) is 0 Å². The normalized spacial score (nSPS) is 17.6. The molecule has 1 fully saturated rings. The van der Waals surface area contributed by atoms with Crippen LogP contribution in [0.3, 0.4) is 0 Å². The highest BCUT2D eigenvalue weighted by Crippen LogP contribution is 2.29. The van der Waals surface area contributed by atoms with E-state index in [9.17, 15) is 4.39 Å².